The first kappa shape index (κ1) is 16.6. The van der Waals surface area contributed by atoms with Crippen molar-refractivity contribution in [2.75, 3.05) is 6.54 Å². The zero-order chi connectivity index (χ0) is 16.3. The Kier molecular flexibility index (Phi) is 5.24. The Labute approximate surface area is 135 Å². The number of likely N-dealkylation sites (tertiary alicyclic amines) is 1. The number of nitrogens with zero attached hydrogens (tertiary/aromatic N) is 1. The molecule has 118 valence electrons. The van der Waals surface area contributed by atoms with Crippen molar-refractivity contribution in [1.29, 1.82) is 0 Å². The lowest BCUT2D eigenvalue weighted by Gasteiger charge is -2.36. The average Bonchev–Trinajstić information content (AvgIpc) is 2.46. The molecule has 4 nitrogen and oxygen atoms in total. The maximum atomic E-state index is 12.6. The fourth-order valence-electron chi connectivity index (χ4n) is 2.79. The van der Waals surface area contributed by atoms with E-state index in [-0.39, 0.29) is 5.91 Å². The first-order valence-electron chi connectivity index (χ1n) is 7.42. The Hall–Kier alpha value is -1.81. The molecule has 2 N–H and O–H groups in total. The summed E-state index contributed by atoms with van der Waals surface area (Å²) in [6, 6.07) is 6.78. The zero-order valence-corrected chi connectivity index (χ0v) is 13.6. The van der Waals surface area contributed by atoms with Gasteiger partial charge in [-0.3, -0.25) is 9.59 Å². The van der Waals surface area contributed by atoms with E-state index in [4.69, 9.17) is 17.3 Å². The number of carbonyl (C=O) groups excluding carboxylic acids is 2. The molecule has 2 unspecified atom stereocenters. The summed E-state index contributed by atoms with van der Waals surface area (Å²) in [4.78, 5) is 25.9. The minimum atomic E-state index is -0.515. The molecule has 1 heterocycles. The van der Waals surface area contributed by atoms with Gasteiger partial charge in [-0.2, -0.15) is 0 Å². The number of primary amides is 1. The van der Waals surface area contributed by atoms with Crippen LogP contribution in [0.4, 0.5) is 0 Å². The molecule has 1 aliphatic rings. The maximum absolute atomic E-state index is 12.6. The van der Waals surface area contributed by atoms with Gasteiger partial charge >= 0.3 is 0 Å². The van der Waals surface area contributed by atoms with Crippen LogP contribution in [0.3, 0.4) is 0 Å². The van der Waals surface area contributed by atoms with E-state index in [9.17, 15) is 9.59 Å². The number of piperidine rings is 1. The lowest BCUT2D eigenvalue weighted by Crippen LogP contribution is -2.52. The third-order valence-electron chi connectivity index (χ3n) is 4.02. The summed E-state index contributed by atoms with van der Waals surface area (Å²) in [7, 11) is 0. The van der Waals surface area contributed by atoms with E-state index in [1.54, 1.807) is 30.0 Å². The summed E-state index contributed by atoms with van der Waals surface area (Å²) in [5.74, 6) is -0.176. The Balaban J connectivity index is 2.20. The molecule has 22 heavy (non-hydrogen) atoms. The Morgan fingerprint density at radius 1 is 1.41 bits per heavy atom. The van der Waals surface area contributed by atoms with E-state index in [2.05, 4.69) is 6.92 Å². The van der Waals surface area contributed by atoms with Gasteiger partial charge < -0.3 is 10.6 Å². The highest BCUT2D eigenvalue weighted by Crippen LogP contribution is 2.24. The quantitative estimate of drug-likeness (QED) is 0.870. The van der Waals surface area contributed by atoms with E-state index in [0.29, 0.717) is 29.5 Å². The van der Waals surface area contributed by atoms with Crippen molar-refractivity contribution >= 4 is 29.5 Å². The van der Waals surface area contributed by atoms with Crippen LogP contribution >= 0.6 is 11.6 Å². The van der Waals surface area contributed by atoms with E-state index >= 15 is 0 Å². The Bertz CT molecular complexity index is 612. The highest BCUT2D eigenvalue weighted by Gasteiger charge is 2.33. The van der Waals surface area contributed by atoms with Gasteiger partial charge in [-0.05, 0) is 49.5 Å². The predicted molar refractivity (Wildman–Crippen MR) is 88.2 cm³/mol. The van der Waals surface area contributed by atoms with E-state index in [1.807, 2.05) is 12.1 Å². The summed E-state index contributed by atoms with van der Waals surface area (Å²) >= 11 is 5.95. The Morgan fingerprint density at radius 3 is 2.77 bits per heavy atom. The van der Waals surface area contributed by atoms with Crippen LogP contribution in [0.2, 0.25) is 5.02 Å². The molecule has 0 aromatic heterocycles. The number of hydrogen-bond donors (Lipinski definition) is 1. The van der Waals surface area contributed by atoms with Crippen molar-refractivity contribution in [3.8, 4) is 0 Å². The summed E-state index contributed by atoms with van der Waals surface area (Å²) in [5.41, 5.74) is 6.89. The largest absolute Gasteiger partial charge is 0.368 e. The molecule has 1 aliphatic heterocycles. The summed E-state index contributed by atoms with van der Waals surface area (Å²) in [6.07, 6.45) is 3.30. The molecule has 0 radical (unpaired) electrons. The molecule has 5 heteroatoms. The molecular formula is C17H21ClN2O2. The Morgan fingerprint density at radius 2 is 2.14 bits per heavy atom. The maximum Gasteiger partial charge on any atom is 0.250 e. The number of amides is 2. The van der Waals surface area contributed by atoms with Crippen LogP contribution in [-0.2, 0) is 9.59 Å². The van der Waals surface area contributed by atoms with Crippen LogP contribution in [0.1, 0.15) is 32.3 Å². The number of carbonyl (C=O) groups is 2. The number of rotatable bonds is 3. The van der Waals surface area contributed by atoms with Crippen molar-refractivity contribution in [2.24, 2.45) is 11.7 Å². The first-order valence-corrected chi connectivity index (χ1v) is 7.80. The highest BCUT2D eigenvalue weighted by molar-refractivity contribution is 6.30. The number of nitrogens with two attached hydrogens (primary N) is 1. The summed E-state index contributed by atoms with van der Waals surface area (Å²) in [6.45, 7) is 4.39. The van der Waals surface area contributed by atoms with Gasteiger partial charge in [0.1, 0.15) is 6.04 Å². The van der Waals surface area contributed by atoms with Crippen molar-refractivity contribution < 1.29 is 9.59 Å². The normalized spacial score (nSPS) is 22.5. The van der Waals surface area contributed by atoms with E-state index in [1.165, 1.54) is 0 Å². The van der Waals surface area contributed by atoms with Gasteiger partial charge in [0.15, 0.2) is 0 Å². The molecule has 2 atom stereocenters. The van der Waals surface area contributed by atoms with Crippen molar-refractivity contribution in [1.82, 2.24) is 4.90 Å². The average molecular weight is 321 g/mol. The molecule has 0 spiro atoms. The third-order valence-corrected chi connectivity index (χ3v) is 4.26. The second-order valence-corrected chi connectivity index (χ2v) is 6.37. The lowest BCUT2D eigenvalue weighted by atomic mass is 9.91. The van der Waals surface area contributed by atoms with Gasteiger partial charge in [0.25, 0.3) is 0 Å². The fourth-order valence-corrected chi connectivity index (χ4v) is 2.99. The van der Waals surface area contributed by atoms with E-state index in [0.717, 1.165) is 12.0 Å². The predicted octanol–water partition coefficient (Wildman–Crippen LogP) is 2.86. The number of benzene rings is 1. The SMILES string of the molecule is C/C(=C\c1cccc(Cl)c1)C(=O)N1CCC(C)CC1C(N)=O. The molecule has 1 aromatic carbocycles. The van der Waals surface area contributed by atoms with Gasteiger partial charge in [0.2, 0.25) is 11.8 Å². The van der Waals surface area contributed by atoms with Crippen LogP contribution in [0.15, 0.2) is 29.8 Å². The summed E-state index contributed by atoms with van der Waals surface area (Å²) < 4.78 is 0. The second-order valence-electron chi connectivity index (χ2n) is 5.93. The van der Waals surface area contributed by atoms with Crippen LogP contribution in [0.5, 0.6) is 0 Å². The first-order chi connectivity index (χ1) is 10.4. The molecule has 2 rings (SSSR count). The standard InChI is InChI=1S/C17H21ClN2O2/c1-11-6-7-20(15(8-11)16(19)21)17(22)12(2)9-13-4-3-5-14(18)10-13/h3-5,9-11,15H,6-8H2,1-2H3,(H2,19,21)/b12-9+. The smallest absolute Gasteiger partial charge is 0.250 e. The van der Waals surface area contributed by atoms with Crippen LogP contribution < -0.4 is 5.73 Å². The molecule has 0 aliphatic carbocycles. The minimum Gasteiger partial charge on any atom is -0.368 e. The van der Waals surface area contributed by atoms with Gasteiger partial charge in [-0.1, -0.05) is 30.7 Å². The molecule has 1 saturated heterocycles. The van der Waals surface area contributed by atoms with Crippen molar-refractivity contribution in [3.63, 3.8) is 0 Å². The lowest BCUT2D eigenvalue weighted by molar-refractivity contribution is -0.138. The topological polar surface area (TPSA) is 63.4 Å². The molecule has 1 aromatic rings. The number of halogens is 1. The van der Waals surface area contributed by atoms with Crippen LogP contribution in [0, 0.1) is 5.92 Å². The molecular weight excluding hydrogens is 300 g/mol. The number of hydrogen-bond acceptors (Lipinski definition) is 2. The molecule has 2 amide bonds. The van der Waals surface area contributed by atoms with Gasteiger partial charge in [-0.25, -0.2) is 0 Å². The van der Waals surface area contributed by atoms with Gasteiger partial charge in [-0.15, -0.1) is 0 Å². The summed E-state index contributed by atoms with van der Waals surface area (Å²) in [5, 5.41) is 0.621. The highest BCUT2D eigenvalue weighted by atomic mass is 35.5. The fraction of sp³-hybridized carbons (Fsp3) is 0.412. The monoisotopic (exact) mass is 320 g/mol. The van der Waals surface area contributed by atoms with Gasteiger partial charge in [0, 0.05) is 17.1 Å². The van der Waals surface area contributed by atoms with Gasteiger partial charge in [0.05, 0.1) is 0 Å². The van der Waals surface area contributed by atoms with E-state index < -0.39 is 11.9 Å². The third kappa shape index (κ3) is 3.89. The molecule has 0 saturated carbocycles. The van der Waals surface area contributed by atoms with Crippen LogP contribution in [-0.4, -0.2) is 29.3 Å². The van der Waals surface area contributed by atoms with Crippen molar-refractivity contribution in [3.05, 3.63) is 40.4 Å². The minimum absolute atomic E-state index is 0.143. The zero-order valence-electron chi connectivity index (χ0n) is 12.9. The van der Waals surface area contributed by atoms with Crippen LogP contribution in [0.25, 0.3) is 6.08 Å². The molecule has 0 bridgehead atoms. The van der Waals surface area contributed by atoms with Crippen molar-refractivity contribution in [2.45, 2.75) is 32.7 Å². The second kappa shape index (κ2) is 6.97. The molecule has 1 fully saturated rings.